The summed E-state index contributed by atoms with van der Waals surface area (Å²) in [7, 11) is -3.52. The summed E-state index contributed by atoms with van der Waals surface area (Å²) in [5.74, 6) is 0.678. The molecule has 0 atom stereocenters. The topological polar surface area (TPSA) is 51.5 Å². The number of aromatic nitrogens is 1. The molecule has 0 unspecified atom stereocenters. The van der Waals surface area contributed by atoms with Gasteiger partial charge in [0.2, 0.25) is 10.0 Å². The van der Waals surface area contributed by atoms with E-state index in [0.29, 0.717) is 30.3 Å². The molecule has 1 aromatic heterocycles. The lowest BCUT2D eigenvalue weighted by atomic mass is 10.2. The molecule has 5 nitrogen and oxygen atoms in total. The van der Waals surface area contributed by atoms with E-state index >= 15 is 0 Å². The Kier molecular flexibility index (Phi) is 4.25. The van der Waals surface area contributed by atoms with Gasteiger partial charge in [-0.25, -0.2) is 8.42 Å². The molecule has 1 aliphatic heterocycles. The molecule has 3 aromatic rings. The quantitative estimate of drug-likeness (QED) is 0.705. The first-order valence-corrected chi connectivity index (χ1v) is 10.2. The molecule has 6 heteroatoms. The van der Waals surface area contributed by atoms with Crippen LogP contribution in [0.1, 0.15) is 19.5 Å². The molecule has 0 N–H and O–H groups in total. The van der Waals surface area contributed by atoms with Crippen LogP contribution in [0.15, 0.2) is 59.5 Å². The van der Waals surface area contributed by atoms with Crippen LogP contribution in [0.3, 0.4) is 0 Å². The third-order valence-corrected chi connectivity index (χ3v) is 6.50. The van der Waals surface area contributed by atoms with E-state index in [-0.39, 0.29) is 6.10 Å². The van der Waals surface area contributed by atoms with Crippen LogP contribution in [0.25, 0.3) is 10.9 Å². The summed E-state index contributed by atoms with van der Waals surface area (Å²) in [6.07, 6.45) is 0.0569. The van der Waals surface area contributed by atoms with Gasteiger partial charge >= 0.3 is 0 Å². The molecule has 136 valence electrons. The first-order chi connectivity index (χ1) is 12.4. The number of para-hydroxylation sites is 1. The molecule has 0 amide bonds. The Morgan fingerprint density at radius 1 is 1.00 bits per heavy atom. The molecule has 0 spiro atoms. The fraction of sp³-hybridized carbons (Fsp3) is 0.300. The van der Waals surface area contributed by atoms with Gasteiger partial charge in [-0.05, 0) is 55.6 Å². The number of fused-ring (bicyclic) bond motifs is 3. The van der Waals surface area contributed by atoms with Gasteiger partial charge in [0.1, 0.15) is 5.75 Å². The monoisotopic (exact) mass is 370 g/mol. The fourth-order valence-corrected chi connectivity index (χ4v) is 4.85. The lowest BCUT2D eigenvalue weighted by molar-refractivity contribution is 0.242. The van der Waals surface area contributed by atoms with Gasteiger partial charge in [0.05, 0.1) is 17.5 Å². The highest BCUT2D eigenvalue weighted by Gasteiger charge is 2.29. The molecule has 26 heavy (non-hydrogen) atoms. The summed E-state index contributed by atoms with van der Waals surface area (Å²) in [6, 6.07) is 16.9. The summed E-state index contributed by atoms with van der Waals surface area (Å²) in [5, 5.41) is 1.15. The molecule has 0 fully saturated rings. The van der Waals surface area contributed by atoms with E-state index in [1.54, 1.807) is 28.6 Å². The molecular weight excluding hydrogens is 348 g/mol. The Labute approximate surface area is 153 Å². The van der Waals surface area contributed by atoms with Crippen molar-refractivity contribution in [3.8, 4) is 5.75 Å². The molecule has 2 heterocycles. The van der Waals surface area contributed by atoms with E-state index in [1.165, 1.54) is 0 Å². The van der Waals surface area contributed by atoms with Gasteiger partial charge in [-0.3, -0.25) is 0 Å². The van der Waals surface area contributed by atoms with Gasteiger partial charge in [0.15, 0.2) is 0 Å². The normalized spacial score (nSPS) is 15.3. The van der Waals surface area contributed by atoms with E-state index in [9.17, 15) is 8.42 Å². The highest BCUT2D eigenvalue weighted by molar-refractivity contribution is 7.89. The van der Waals surface area contributed by atoms with Gasteiger partial charge in [-0.1, -0.05) is 18.2 Å². The first-order valence-electron chi connectivity index (χ1n) is 8.79. The zero-order chi connectivity index (χ0) is 18.3. The molecule has 0 bridgehead atoms. The predicted molar refractivity (Wildman–Crippen MR) is 102 cm³/mol. The van der Waals surface area contributed by atoms with E-state index < -0.39 is 10.0 Å². The molecule has 0 saturated carbocycles. The average Bonchev–Trinajstić information content (AvgIpc) is 2.99. The SMILES string of the molecule is CC(C)Oc1ccc(S(=O)(=O)N2CCn3c(cc4ccccc43)C2)cc1. The number of hydrogen-bond acceptors (Lipinski definition) is 3. The van der Waals surface area contributed by atoms with Crippen molar-refractivity contribution in [1.82, 2.24) is 8.87 Å². The van der Waals surface area contributed by atoms with Gasteiger partial charge < -0.3 is 9.30 Å². The summed E-state index contributed by atoms with van der Waals surface area (Å²) >= 11 is 0. The highest BCUT2D eigenvalue weighted by atomic mass is 32.2. The number of nitrogens with zero attached hydrogens (tertiary/aromatic N) is 2. The van der Waals surface area contributed by atoms with Crippen LogP contribution in [0, 0.1) is 0 Å². The van der Waals surface area contributed by atoms with Crippen LogP contribution < -0.4 is 4.74 Å². The second-order valence-corrected chi connectivity index (χ2v) is 8.76. The largest absolute Gasteiger partial charge is 0.491 e. The zero-order valence-corrected chi connectivity index (χ0v) is 15.7. The number of rotatable bonds is 4. The lowest BCUT2D eigenvalue weighted by Crippen LogP contribution is -2.37. The average molecular weight is 370 g/mol. The van der Waals surface area contributed by atoms with Crippen LogP contribution in [-0.2, 0) is 23.1 Å². The minimum Gasteiger partial charge on any atom is -0.491 e. The Bertz CT molecular complexity index is 1040. The lowest BCUT2D eigenvalue weighted by Gasteiger charge is -2.28. The predicted octanol–water partition coefficient (Wildman–Crippen LogP) is 3.63. The molecule has 1 aliphatic rings. The zero-order valence-electron chi connectivity index (χ0n) is 14.9. The third-order valence-electron chi connectivity index (χ3n) is 4.64. The Hall–Kier alpha value is -2.31. The Morgan fingerprint density at radius 3 is 2.46 bits per heavy atom. The van der Waals surface area contributed by atoms with E-state index in [4.69, 9.17) is 4.74 Å². The molecule has 4 rings (SSSR count). The fourth-order valence-electron chi connectivity index (χ4n) is 3.45. The van der Waals surface area contributed by atoms with Gasteiger partial charge in [-0.15, -0.1) is 0 Å². The summed E-state index contributed by atoms with van der Waals surface area (Å²) in [4.78, 5) is 0.304. The van der Waals surface area contributed by atoms with Crippen molar-refractivity contribution in [2.45, 2.75) is 37.9 Å². The maximum atomic E-state index is 13.0. The standard InChI is InChI=1S/C20H22N2O3S/c1-15(2)25-18-7-9-19(10-8-18)26(23,24)21-11-12-22-17(14-21)13-16-5-3-4-6-20(16)22/h3-10,13,15H,11-12,14H2,1-2H3. The number of hydrogen-bond donors (Lipinski definition) is 0. The van der Waals surface area contributed by atoms with Crippen molar-refractivity contribution in [2.24, 2.45) is 0 Å². The molecule has 0 saturated heterocycles. The molecule has 2 aromatic carbocycles. The Balaban J connectivity index is 1.61. The summed E-state index contributed by atoms with van der Waals surface area (Å²) in [6.45, 7) is 5.41. The minimum atomic E-state index is -3.52. The van der Waals surface area contributed by atoms with Crippen molar-refractivity contribution in [2.75, 3.05) is 6.54 Å². The van der Waals surface area contributed by atoms with Crippen molar-refractivity contribution < 1.29 is 13.2 Å². The van der Waals surface area contributed by atoms with Gasteiger partial charge in [0.25, 0.3) is 0 Å². The van der Waals surface area contributed by atoms with E-state index in [2.05, 4.69) is 22.8 Å². The van der Waals surface area contributed by atoms with E-state index in [1.807, 2.05) is 26.0 Å². The molecule has 0 radical (unpaired) electrons. The number of sulfonamides is 1. The van der Waals surface area contributed by atoms with Gasteiger partial charge in [0, 0.05) is 24.3 Å². The van der Waals surface area contributed by atoms with Crippen LogP contribution >= 0.6 is 0 Å². The van der Waals surface area contributed by atoms with Gasteiger partial charge in [-0.2, -0.15) is 4.31 Å². The number of benzene rings is 2. The summed E-state index contributed by atoms with van der Waals surface area (Å²) < 4.78 is 35.4. The maximum Gasteiger partial charge on any atom is 0.243 e. The van der Waals surface area contributed by atoms with Crippen LogP contribution in [0.2, 0.25) is 0 Å². The van der Waals surface area contributed by atoms with Crippen molar-refractivity contribution in [1.29, 1.82) is 0 Å². The smallest absolute Gasteiger partial charge is 0.243 e. The second kappa shape index (κ2) is 6.45. The number of ether oxygens (including phenoxy) is 1. The van der Waals surface area contributed by atoms with Crippen LogP contribution in [-0.4, -0.2) is 29.9 Å². The Morgan fingerprint density at radius 2 is 1.73 bits per heavy atom. The van der Waals surface area contributed by atoms with Crippen molar-refractivity contribution >= 4 is 20.9 Å². The van der Waals surface area contributed by atoms with Crippen LogP contribution in [0.4, 0.5) is 0 Å². The first kappa shape index (κ1) is 17.1. The van der Waals surface area contributed by atoms with E-state index in [0.717, 1.165) is 16.6 Å². The van der Waals surface area contributed by atoms with Crippen LogP contribution in [0.5, 0.6) is 5.75 Å². The van der Waals surface area contributed by atoms with Crippen molar-refractivity contribution in [3.05, 3.63) is 60.3 Å². The maximum absolute atomic E-state index is 13.0. The highest BCUT2D eigenvalue weighted by Crippen LogP contribution is 2.28. The molecule has 0 aliphatic carbocycles. The summed E-state index contributed by atoms with van der Waals surface area (Å²) in [5.41, 5.74) is 2.19. The second-order valence-electron chi connectivity index (χ2n) is 6.82. The third kappa shape index (κ3) is 2.99. The van der Waals surface area contributed by atoms with Crippen molar-refractivity contribution in [3.63, 3.8) is 0 Å². The minimum absolute atomic E-state index is 0.0569. The molecular formula is C20H22N2O3S.